The van der Waals surface area contributed by atoms with Crippen LogP contribution in [0.1, 0.15) is 12.0 Å². The Morgan fingerprint density at radius 3 is 2.79 bits per heavy atom. The van der Waals surface area contributed by atoms with E-state index in [1.165, 1.54) is 25.1 Å². The minimum absolute atomic E-state index is 0.687. The number of furan rings is 1. The van der Waals surface area contributed by atoms with Gasteiger partial charge in [-0.15, -0.1) is 0 Å². The summed E-state index contributed by atoms with van der Waals surface area (Å²) in [5, 5.41) is 4.61. The Morgan fingerprint density at radius 2 is 1.94 bits per heavy atom. The smallest absolute Gasteiger partial charge is 0.203 e. The number of aromatic nitrogens is 3. The summed E-state index contributed by atoms with van der Waals surface area (Å²) in [5.74, 6) is 2.36. The van der Waals surface area contributed by atoms with E-state index in [2.05, 4.69) is 44.4 Å². The molecule has 0 bridgehead atoms. The summed E-state index contributed by atoms with van der Waals surface area (Å²) in [6.45, 7) is 7.12. The topological polar surface area (TPSA) is 82.5 Å². The highest BCUT2D eigenvalue weighted by molar-refractivity contribution is 6.00. The van der Waals surface area contributed by atoms with E-state index in [4.69, 9.17) is 19.1 Å². The van der Waals surface area contributed by atoms with E-state index < -0.39 is 0 Å². The first-order valence-corrected chi connectivity index (χ1v) is 11.7. The third kappa shape index (κ3) is 3.20. The maximum atomic E-state index is 6.35. The average molecular weight is 443 g/mol. The second-order valence-corrected chi connectivity index (χ2v) is 9.02. The van der Waals surface area contributed by atoms with Crippen LogP contribution in [0, 0.1) is 0 Å². The van der Waals surface area contributed by atoms with Crippen molar-refractivity contribution in [1.29, 1.82) is 0 Å². The summed E-state index contributed by atoms with van der Waals surface area (Å²) in [6.07, 6.45) is 5.53. The number of ether oxygens (including phenoxy) is 1. The van der Waals surface area contributed by atoms with E-state index in [-0.39, 0.29) is 0 Å². The molecule has 6 heterocycles. The highest BCUT2D eigenvalue weighted by Gasteiger charge is 2.27. The van der Waals surface area contributed by atoms with Gasteiger partial charge in [0.1, 0.15) is 5.52 Å². The number of hydrogen-bond acceptors (Lipinski definition) is 7. The Bertz CT molecular complexity index is 1380. The molecule has 8 heteroatoms. The Balaban J connectivity index is 1.42. The predicted octanol–water partition coefficient (Wildman–Crippen LogP) is 3.72. The third-order valence-electron chi connectivity index (χ3n) is 6.90. The number of nitrogens with one attached hydrogen (secondary N) is 2. The van der Waals surface area contributed by atoms with Gasteiger partial charge in [0.25, 0.3) is 0 Å². The SMILES string of the molecule is C1=C(CN2CCC2)CNc2oc3c(N4CCOCC4)nc(-c4cccc5[nH]ccc45)nc3c21. The zero-order valence-electron chi connectivity index (χ0n) is 18.4. The lowest BCUT2D eigenvalue weighted by atomic mass is 10.1. The molecule has 3 aromatic heterocycles. The number of benzene rings is 1. The first-order chi connectivity index (χ1) is 16.3. The van der Waals surface area contributed by atoms with Crippen molar-refractivity contribution in [2.75, 3.05) is 62.7 Å². The summed E-state index contributed by atoms with van der Waals surface area (Å²) >= 11 is 0. The van der Waals surface area contributed by atoms with Crippen LogP contribution in [-0.2, 0) is 4.74 Å². The van der Waals surface area contributed by atoms with Gasteiger partial charge in [0.2, 0.25) is 5.88 Å². The van der Waals surface area contributed by atoms with E-state index in [1.54, 1.807) is 0 Å². The highest BCUT2D eigenvalue weighted by Crippen LogP contribution is 2.39. The summed E-state index contributed by atoms with van der Waals surface area (Å²) in [7, 11) is 0. The Labute approximate surface area is 191 Å². The third-order valence-corrected chi connectivity index (χ3v) is 6.90. The van der Waals surface area contributed by atoms with Gasteiger partial charge in [-0.1, -0.05) is 12.1 Å². The molecule has 0 radical (unpaired) electrons. The quantitative estimate of drug-likeness (QED) is 0.498. The lowest BCUT2D eigenvalue weighted by Gasteiger charge is -2.32. The van der Waals surface area contributed by atoms with E-state index in [9.17, 15) is 0 Å². The van der Waals surface area contributed by atoms with Gasteiger partial charge >= 0.3 is 0 Å². The molecule has 2 saturated heterocycles. The lowest BCUT2D eigenvalue weighted by Crippen LogP contribution is -2.39. The normalized spacial score (nSPS) is 18.8. The van der Waals surface area contributed by atoms with Crippen LogP contribution in [0.25, 0.3) is 39.5 Å². The number of fused-ring (bicyclic) bond motifs is 4. The molecule has 0 saturated carbocycles. The van der Waals surface area contributed by atoms with Crippen LogP contribution in [0.15, 0.2) is 40.5 Å². The minimum atomic E-state index is 0.687. The average Bonchev–Trinajstić information content (AvgIpc) is 3.46. The molecule has 3 aliphatic rings. The molecule has 2 fully saturated rings. The maximum Gasteiger partial charge on any atom is 0.203 e. The number of H-pyrrole nitrogens is 1. The van der Waals surface area contributed by atoms with Crippen LogP contribution in [-0.4, -0.2) is 72.3 Å². The van der Waals surface area contributed by atoms with Gasteiger partial charge in [0.05, 0.1) is 18.8 Å². The van der Waals surface area contributed by atoms with Crippen LogP contribution in [0.2, 0.25) is 0 Å². The minimum Gasteiger partial charge on any atom is -0.434 e. The van der Waals surface area contributed by atoms with Crippen molar-refractivity contribution in [2.24, 2.45) is 0 Å². The van der Waals surface area contributed by atoms with Crippen molar-refractivity contribution in [3.05, 3.63) is 41.6 Å². The summed E-state index contributed by atoms with van der Waals surface area (Å²) in [4.78, 5) is 18.2. The van der Waals surface area contributed by atoms with Crippen molar-refractivity contribution >= 4 is 39.8 Å². The zero-order valence-corrected chi connectivity index (χ0v) is 18.4. The summed E-state index contributed by atoms with van der Waals surface area (Å²) in [5.41, 5.74) is 6.13. The standard InChI is InChI=1S/C25H26N6O2/c1-3-18(17-5-6-26-20(17)4-1)23-28-21-19-13-16(15-30-7-2-8-30)14-27-25(19)33-22(21)24(29-23)31-9-11-32-12-10-31/h1,3-6,13,26-27H,2,7-12,14-15H2. The Morgan fingerprint density at radius 1 is 1.03 bits per heavy atom. The van der Waals surface area contributed by atoms with E-state index in [0.29, 0.717) is 13.2 Å². The molecule has 3 aliphatic heterocycles. The number of rotatable bonds is 4. The fourth-order valence-electron chi connectivity index (χ4n) is 5.01. The molecule has 7 rings (SSSR count). The number of hydrogen-bond donors (Lipinski definition) is 2. The molecule has 0 atom stereocenters. The fraction of sp³-hybridized carbons (Fsp3) is 0.360. The second-order valence-electron chi connectivity index (χ2n) is 9.02. The predicted molar refractivity (Wildman–Crippen MR) is 130 cm³/mol. The van der Waals surface area contributed by atoms with Gasteiger partial charge in [-0.2, -0.15) is 0 Å². The first-order valence-electron chi connectivity index (χ1n) is 11.7. The molecule has 168 valence electrons. The molecular formula is C25H26N6O2. The summed E-state index contributed by atoms with van der Waals surface area (Å²) in [6, 6.07) is 8.31. The number of anilines is 2. The first kappa shape index (κ1) is 19.1. The molecule has 1 aromatic carbocycles. The Hall–Kier alpha value is -3.36. The maximum absolute atomic E-state index is 6.35. The molecule has 0 aliphatic carbocycles. The number of aromatic amines is 1. The van der Waals surface area contributed by atoms with Crippen molar-refractivity contribution in [3.63, 3.8) is 0 Å². The molecule has 0 unspecified atom stereocenters. The lowest BCUT2D eigenvalue weighted by molar-refractivity contribution is 0.122. The summed E-state index contributed by atoms with van der Waals surface area (Å²) < 4.78 is 11.9. The largest absolute Gasteiger partial charge is 0.434 e. The molecule has 4 aromatic rings. The van der Waals surface area contributed by atoms with Crippen molar-refractivity contribution in [1.82, 2.24) is 19.9 Å². The molecule has 0 spiro atoms. The Kier molecular flexibility index (Phi) is 4.41. The van der Waals surface area contributed by atoms with Gasteiger partial charge in [0.15, 0.2) is 17.2 Å². The van der Waals surface area contributed by atoms with Gasteiger partial charge < -0.3 is 24.4 Å². The van der Waals surface area contributed by atoms with Crippen molar-refractivity contribution < 1.29 is 9.15 Å². The van der Waals surface area contributed by atoms with Crippen LogP contribution >= 0.6 is 0 Å². The highest BCUT2D eigenvalue weighted by atomic mass is 16.5. The van der Waals surface area contributed by atoms with E-state index >= 15 is 0 Å². The van der Waals surface area contributed by atoms with Crippen LogP contribution in [0.4, 0.5) is 11.7 Å². The van der Waals surface area contributed by atoms with Gasteiger partial charge in [0, 0.05) is 48.8 Å². The van der Waals surface area contributed by atoms with Crippen molar-refractivity contribution in [3.8, 4) is 11.4 Å². The molecule has 0 amide bonds. The van der Waals surface area contributed by atoms with E-state index in [0.717, 1.165) is 76.8 Å². The number of morpholine rings is 1. The number of nitrogens with zero attached hydrogens (tertiary/aromatic N) is 4. The van der Waals surface area contributed by atoms with Gasteiger partial charge in [-0.25, -0.2) is 9.97 Å². The van der Waals surface area contributed by atoms with Crippen LogP contribution in [0.3, 0.4) is 0 Å². The molecule has 33 heavy (non-hydrogen) atoms. The molecule has 2 N–H and O–H groups in total. The van der Waals surface area contributed by atoms with Crippen molar-refractivity contribution in [2.45, 2.75) is 6.42 Å². The van der Waals surface area contributed by atoms with Gasteiger partial charge in [-0.3, -0.25) is 4.90 Å². The van der Waals surface area contributed by atoms with Crippen LogP contribution < -0.4 is 10.2 Å². The fourth-order valence-corrected chi connectivity index (χ4v) is 5.01. The monoisotopic (exact) mass is 442 g/mol. The molecule has 8 nitrogen and oxygen atoms in total. The second kappa shape index (κ2) is 7.60. The van der Waals surface area contributed by atoms with Crippen LogP contribution in [0.5, 0.6) is 0 Å². The zero-order chi connectivity index (χ0) is 21.8. The van der Waals surface area contributed by atoms with Gasteiger partial charge in [-0.05, 0) is 43.3 Å². The number of likely N-dealkylation sites (tertiary alicyclic amines) is 1. The molecular weight excluding hydrogens is 416 g/mol. The van der Waals surface area contributed by atoms with E-state index in [1.807, 2.05) is 12.3 Å².